The highest BCUT2D eigenvalue weighted by Crippen LogP contribution is 2.05. The van der Waals surface area contributed by atoms with E-state index in [1.54, 1.807) is 4.68 Å². The molecule has 0 saturated heterocycles. The van der Waals surface area contributed by atoms with E-state index in [-0.39, 0.29) is 12.3 Å². The molecule has 1 amide bonds. The molecule has 0 atom stereocenters. The minimum Gasteiger partial charge on any atom is -0.369 e. The second-order valence-corrected chi connectivity index (χ2v) is 2.74. The van der Waals surface area contributed by atoms with Gasteiger partial charge >= 0.3 is 0 Å². The van der Waals surface area contributed by atoms with Crippen LogP contribution in [0.4, 0.5) is 0 Å². The van der Waals surface area contributed by atoms with E-state index in [0.717, 1.165) is 17.8 Å². The summed E-state index contributed by atoms with van der Waals surface area (Å²) in [6.45, 7) is 4.70. The largest absolute Gasteiger partial charge is 0.369 e. The van der Waals surface area contributed by atoms with Crippen LogP contribution in [0, 0.1) is 6.92 Å². The SMILES string of the molecule is CCn1cc(CC(N)=O)c(C)n1. The monoisotopic (exact) mass is 167 g/mol. The lowest BCUT2D eigenvalue weighted by Crippen LogP contribution is -2.13. The minimum absolute atomic E-state index is 0.284. The van der Waals surface area contributed by atoms with Crippen molar-refractivity contribution in [3.05, 3.63) is 17.5 Å². The van der Waals surface area contributed by atoms with E-state index in [1.807, 2.05) is 20.0 Å². The van der Waals surface area contributed by atoms with Crippen LogP contribution in [0.25, 0.3) is 0 Å². The number of primary amides is 1. The fraction of sp³-hybridized carbons (Fsp3) is 0.500. The van der Waals surface area contributed by atoms with Gasteiger partial charge in [-0.1, -0.05) is 0 Å². The van der Waals surface area contributed by atoms with Crippen molar-refractivity contribution in [2.75, 3.05) is 0 Å². The third-order valence-electron chi connectivity index (χ3n) is 1.74. The summed E-state index contributed by atoms with van der Waals surface area (Å²) in [5.41, 5.74) is 6.87. The van der Waals surface area contributed by atoms with Crippen LogP contribution in [0.3, 0.4) is 0 Å². The first-order valence-corrected chi connectivity index (χ1v) is 3.94. The Hall–Kier alpha value is -1.32. The molecule has 66 valence electrons. The predicted molar refractivity (Wildman–Crippen MR) is 45.5 cm³/mol. The topological polar surface area (TPSA) is 60.9 Å². The van der Waals surface area contributed by atoms with Gasteiger partial charge in [0.05, 0.1) is 12.1 Å². The maximum atomic E-state index is 10.6. The number of hydrogen-bond acceptors (Lipinski definition) is 2. The number of hydrogen-bond donors (Lipinski definition) is 1. The van der Waals surface area contributed by atoms with Gasteiger partial charge in [0, 0.05) is 18.3 Å². The number of nitrogens with zero attached hydrogens (tertiary/aromatic N) is 2. The Kier molecular flexibility index (Phi) is 2.47. The highest BCUT2D eigenvalue weighted by molar-refractivity contribution is 5.76. The van der Waals surface area contributed by atoms with Gasteiger partial charge in [-0.05, 0) is 13.8 Å². The molecule has 0 aliphatic carbocycles. The fourth-order valence-corrected chi connectivity index (χ4v) is 1.08. The number of nitrogens with two attached hydrogens (primary N) is 1. The molecule has 0 bridgehead atoms. The number of amides is 1. The highest BCUT2D eigenvalue weighted by atomic mass is 16.1. The van der Waals surface area contributed by atoms with E-state index in [0.29, 0.717) is 0 Å². The molecule has 0 radical (unpaired) electrons. The molecular formula is C8H13N3O. The smallest absolute Gasteiger partial charge is 0.221 e. The molecule has 1 rings (SSSR count). The first-order chi connectivity index (χ1) is 5.63. The zero-order chi connectivity index (χ0) is 9.14. The molecule has 4 nitrogen and oxygen atoms in total. The van der Waals surface area contributed by atoms with Gasteiger partial charge in [-0.15, -0.1) is 0 Å². The van der Waals surface area contributed by atoms with Crippen molar-refractivity contribution in [2.24, 2.45) is 5.73 Å². The normalized spacial score (nSPS) is 10.2. The Morgan fingerprint density at radius 2 is 2.42 bits per heavy atom. The van der Waals surface area contributed by atoms with Crippen LogP contribution in [0.5, 0.6) is 0 Å². The van der Waals surface area contributed by atoms with Crippen LogP contribution in [-0.2, 0) is 17.8 Å². The Morgan fingerprint density at radius 1 is 1.75 bits per heavy atom. The molecule has 0 saturated carbocycles. The summed E-state index contributed by atoms with van der Waals surface area (Å²) in [7, 11) is 0. The summed E-state index contributed by atoms with van der Waals surface area (Å²) >= 11 is 0. The molecule has 0 unspecified atom stereocenters. The molecule has 12 heavy (non-hydrogen) atoms. The van der Waals surface area contributed by atoms with Crippen LogP contribution < -0.4 is 5.73 Å². The maximum Gasteiger partial charge on any atom is 0.221 e. The second-order valence-electron chi connectivity index (χ2n) is 2.74. The molecule has 0 aromatic carbocycles. The van der Waals surface area contributed by atoms with Gasteiger partial charge in [-0.25, -0.2) is 0 Å². The number of aromatic nitrogens is 2. The van der Waals surface area contributed by atoms with Gasteiger partial charge in [0.15, 0.2) is 0 Å². The van der Waals surface area contributed by atoms with Crippen molar-refractivity contribution in [1.82, 2.24) is 9.78 Å². The van der Waals surface area contributed by atoms with Crippen LogP contribution in [-0.4, -0.2) is 15.7 Å². The quantitative estimate of drug-likeness (QED) is 0.701. The second kappa shape index (κ2) is 3.38. The molecule has 0 spiro atoms. The fourth-order valence-electron chi connectivity index (χ4n) is 1.08. The highest BCUT2D eigenvalue weighted by Gasteiger charge is 2.05. The van der Waals surface area contributed by atoms with Gasteiger partial charge in [-0.2, -0.15) is 5.10 Å². The molecular weight excluding hydrogens is 154 g/mol. The Bertz CT molecular complexity index is 290. The zero-order valence-corrected chi connectivity index (χ0v) is 7.37. The molecule has 4 heteroatoms. The minimum atomic E-state index is -0.311. The number of carbonyl (C=O) groups is 1. The van der Waals surface area contributed by atoms with Gasteiger partial charge in [-0.3, -0.25) is 9.48 Å². The van der Waals surface area contributed by atoms with Gasteiger partial charge in [0.25, 0.3) is 0 Å². The molecule has 0 aliphatic rings. The molecule has 1 heterocycles. The first kappa shape index (κ1) is 8.77. The molecule has 2 N–H and O–H groups in total. The average molecular weight is 167 g/mol. The summed E-state index contributed by atoms with van der Waals surface area (Å²) in [6.07, 6.45) is 2.14. The Balaban J connectivity index is 2.84. The third kappa shape index (κ3) is 1.84. The summed E-state index contributed by atoms with van der Waals surface area (Å²) in [5, 5.41) is 4.19. The van der Waals surface area contributed by atoms with Crippen LogP contribution in [0.2, 0.25) is 0 Å². The Morgan fingerprint density at radius 3 is 2.83 bits per heavy atom. The standard InChI is InChI=1S/C8H13N3O/c1-3-11-5-7(4-8(9)12)6(2)10-11/h5H,3-4H2,1-2H3,(H2,9,12). The van der Waals surface area contributed by atoms with E-state index in [4.69, 9.17) is 5.73 Å². The lowest BCUT2D eigenvalue weighted by molar-refractivity contribution is -0.117. The van der Waals surface area contributed by atoms with E-state index < -0.39 is 0 Å². The van der Waals surface area contributed by atoms with E-state index in [2.05, 4.69) is 5.10 Å². The number of rotatable bonds is 3. The maximum absolute atomic E-state index is 10.6. The van der Waals surface area contributed by atoms with Crippen molar-refractivity contribution >= 4 is 5.91 Å². The van der Waals surface area contributed by atoms with Gasteiger partial charge < -0.3 is 5.73 Å². The predicted octanol–water partition coefficient (Wildman–Crippen LogP) is 0.239. The lowest BCUT2D eigenvalue weighted by Gasteiger charge is -1.91. The lowest BCUT2D eigenvalue weighted by atomic mass is 10.2. The van der Waals surface area contributed by atoms with Crippen molar-refractivity contribution in [2.45, 2.75) is 26.8 Å². The molecule has 1 aromatic rings. The average Bonchev–Trinajstić information content (AvgIpc) is 2.31. The van der Waals surface area contributed by atoms with Crippen LogP contribution >= 0.6 is 0 Å². The van der Waals surface area contributed by atoms with Crippen molar-refractivity contribution in [3.8, 4) is 0 Å². The number of aryl methyl sites for hydroxylation is 2. The number of carbonyl (C=O) groups excluding carboxylic acids is 1. The van der Waals surface area contributed by atoms with Crippen molar-refractivity contribution in [3.63, 3.8) is 0 Å². The molecule has 1 aromatic heterocycles. The van der Waals surface area contributed by atoms with E-state index in [1.165, 1.54) is 0 Å². The van der Waals surface area contributed by atoms with Gasteiger partial charge in [0.1, 0.15) is 0 Å². The third-order valence-corrected chi connectivity index (χ3v) is 1.74. The Labute approximate surface area is 71.4 Å². The zero-order valence-electron chi connectivity index (χ0n) is 7.37. The first-order valence-electron chi connectivity index (χ1n) is 3.94. The summed E-state index contributed by atoms with van der Waals surface area (Å²) in [6, 6.07) is 0. The van der Waals surface area contributed by atoms with Gasteiger partial charge in [0.2, 0.25) is 5.91 Å². The molecule has 0 aliphatic heterocycles. The summed E-state index contributed by atoms with van der Waals surface area (Å²) < 4.78 is 1.80. The van der Waals surface area contributed by atoms with E-state index in [9.17, 15) is 4.79 Å². The van der Waals surface area contributed by atoms with Crippen molar-refractivity contribution in [1.29, 1.82) is 0 Å². The van der Waals surface area contributed by atoms with Crippen molar-refractivity contribution < 1.29 is 4.79 Å². The summed E-state index contributed by atoms with van der Waals surface area (Å²) in [5.74, 6) is -0.311. The van der Waals surface area contributed by atoms with Crippen LogP contribution in [0.15, 0.2) is 6.20 Å². The summed E-state index contributed by atoms with van der Waals surface area (Å²) in [4.78, 5) is 10.6. The van der Waals surface area contributed by atoms with E-state index >= 15 is 0 Å². The van der Waals surface area contributed by atoms with Crippen LogP contribution in [0.1, 0.15) is 18.2 Å². The molecule has 0 fully saturated rings.